The van der Waals surface area contributed by atoms with Gasteiger partial charge in [0.05, 0.1) is 12.2 Å². The van der Waals surface area contributed by atoms with E-state index < -0.39 is 5.97 Å². The Balaban J connectivity index is 2.51. The van der Waals surface area contributed by atoms with Gasteiger partial charge in [0.1, 0.15) is 5.69 Å². The zero-order valence-corrected chi connectivity index (χ0v) is 15.8. The predicted molar refractivity (Wildman–Crippen MR) is 99.4 cm³/mol. The first-order valence-electron chi connectivity index (χ1n) is 8.54. The lowest BCUT2D eigenvalue weighted by Crippen LogP contribution is -2.31. The number of aromatic nitrogens is 1. The smallest absolute Gasteiger partial charge is 0.355 e. The van der Waals surface area contributed by atoms with Crippen molar-refractivity contribution >= 4 is 17.6 Å². The van der Waals surface area contributed by atoms with Crippen LogP contribution in [0.4, 0.5) is 5.69 Å². The van der Waals surface area contributed by atoms with Crippen molar-refractivity contribution in [3.8, 4) is 0 Å². The van der Waals surface area contributed by atoms with Crippen LogP contribution in [0, 0.1) is 20.8 Å². The van der Waals surface area contributed by atoms with Gasteiger partial charge in [-0.25, -0.2) is 4.79 Å². The molecular formula is C20H26N2O3. The van der Waals surface area contributed by atoms with Crippen LogP contribution in [-0.4, -0.2) is 29.6 Å². The van der Waals surface area contributed by atoms with E-state index in [1.54, 1.807) is 30.4 Å². The fraction of sp³-hybridized carbons (Fsp3) is 0.400. The Morgan fingerprint density at radius 2 is 1.84 bits per heavy atom. The van der Waals surface area contributed by atoms with E-state index in [0.717, 1.165) is 16.9 Å². The first-order valence-corrected chi connectivity index (χ1v) is 8.54. The first-order chi connectivity index (χ1) is 11.8. The highest BCUT2D eigenvalue weighted by Gasteiger charge is 2.28. The largest absolute Gasteiger partial charge is 0.461 e. The molecule has 0 saturated carbocycles. The molecule has 0 aliphatic carbocycles. The van der Waals surface area contributed by atoms with E-state index in [4.69, 9.17) is 4.74 Å². The quantitative estimate of drug-likeness (QED) is 0.777. The lowest BCUT2D eigenvalue weighted by atomic mass is 10.1. The Morgan fingerprint density at radius 1 is 1.16 bits per heavy atom. The molecule has 0 aliphatic heterocycles. The number of carbonyl (C=O) groups excluding carboxylic acids is 2. The lowest BCUT2D eigenvalue weighted by molar-refractivity contribution is 0.0514. The van der Waals surface area contributed by atoms with Gasteiger partial charge in [0.2, 0.25) is 0 Å². The van der Waals surface area contributed by atoms with Crippen LogP contribution in [0.2, 0.25) is 0 Å². The van der Waals surface area contributed by atoms with Gasteiger partial charge in [0.15, 0.2) is 0 Å². The normalized spacial score (nSPS) is 10.6. The second kappa shape index (κ2) is 7.55. The maximum absolute atomic E-state index is 13.2. The topological polar surface area (TPSA) is 51.5 Å². The molecule has 0 bridgehead atoms. The molecule has 0 atom stereocenters. The Morgan fingerprint density at radius 3 is 2.40 bits per heavy atom. The number of amides is 1. The van der Waals surface area contributed by atoms with Crippen molar-refractivity contribution in [1.82, 2.24) is 4.57 Å². The summed E-state index contributed by atoms with van der Waals surface area (Å²) in [6.07, 6.45) is 0. The van der Waals surface area contributed by atoms with Crippen molar-refractivity contribution in [1.29, 1.82) is 0 Å². The number of anilines is 1. The fourth-order valence-electron chi connectivity index (χ4n) is 3.16. The average Bonchev–Trinajstić information content (AvgIpc) is 2.78. The average molecular weight is 342 g/mol. The van der Waals surface area contributed by atoms with Crippen LogP contribution in [-0.2, 0) is 11.8 Å². The molecule has 1 aromatic heterocycles. The summed E-state index contributed by atoms with van der Waals surface area (Å²) in [5.41, 5.74) is 4.37. The lowest BCUT2D eigenvalue weighted by Gasteiger charge is -2.22. The molecule has 1 aromatic carbocycles. The first kappa shape index (κ1) is 18.8. The van der Waals surface area contributed by atoms with Gasteiger partial charge in [-0.3, -0.25) is 4.79 Å². The summed E-state index contributed by atoms with van der Waals surface area (Å²) >= 11 is 0. The number of hydrogen-bond acceptors (Lipinski definition) is 3. The number of carbonyl (C=O) groups is 2. The summed E-state index contributed by atoms with van der Waals surface area (Å²) in [6, 6.07) is 7.85. The van der Waals surface area contributed by atoms with Crippen LogP contribution in [0.3, 0.4) is 0 Å². The van der Waals surface area contributed by atoms with Crippen LogP contribution in [0.25, 0.3) is 0 Å². The van der Waals surface area contributed by atoms with Crippen LogP contribution in [0.5, 0.6) is 0 Å². The second-order valence-electron chi connectivity index (χ2n) is 6.10. The number of ether oxygens (including phenoxy) is 1. The maximum atomic E-state index is 13.2. The molecule has 0 fully saturated rings. The summed E-state index contributed by atoms with van der Waals surface area (Å²) in [6.45, 7) is 10.2. The predicted octanol–water partition coefficient (Wildman–Crippen LogP) is 3.79. The molecule has 0 N–H and O–H groups in total. The molecule has 25 heavy (non-hydrogen) atoms. The third kappa shape index (κ3) is 3.45. The highest BCUT2D eigenvalue weighted by Crippen LogP contribution is 2.26. The van der Waals surface area contributed by atoms with Crippen LogP contribution >= 0.6 is 0 Å². The zero-order valence-electron chi connectivity index (χ0n) is 15.8. The minimum Gasteiger partial charge on any atom is -0.461 e. The van der Waals surface area contributed by atoms with Gasteiger partial charge in [-0.1, -0.05) is 12.1 Å². The standard InChI is InChI=1S/C20H26N2O3/c1-7-22(16-11-9-10-13(3)12-16)19(23)17-14(4)18(20(24)25-8-2)21(6)15(17)5/h9-12H,7-8H2,1-6H3. The SMILES string of the molecule is CCOC(=O)c1c(C)c(C(=O)N(CC)c2cccc(C)c2)c(C)n1C. The Kier molecular flexibility index (Phi) is 5.67. The number of hydrogen-bond donors (Lipinski definition) is 0. The molecule has 0 spiro atoms. The third-order valence-corrected chi connectivity index (χ3v) is 4.49. The second-order valence-corrected chi connectivity index (χ2v) is 6.10. The molecule has 0 saturated heterocycles. The molecule has 0 unspecified atom stereocenters. The number of rotatable bonds is 5. The van der Waals surface area contributed by atoms with Crippen molar-refractivity contribution in [3.63, 3.8) is 0 Å². The van der Waals surface area contributed by atoms with Crippen molar-refractivity contribution in [3.05, 3.63) is 52.3 Å². The maximum Gasteiger partial charge on any atom is 0.355 e. The summed E-state index contributed by atoms with van der Waals surface area (Å²) in [5.74, 6) is -0.502. The molecule has 2 aromatic rings. The van der Waals surface area contributed by atoms with E-state index in [1.165, 1.54) is 0 Å². The van der Waals surface area contributed by atoms with Gasteiger partial charge in [-0.2, -0.15) is 0 Å². The molecule has 0 radical (unpaired) electrons. The van der Waals surface area contributed by atoms with Crippen molar-refractivity contribution < 1.29 is 14.3 Å². The van der Waals surface area contributed by atoms with Gasteiger partial charge in [0.25, 0.3) is 5.91 Å². The highest BCUT2D eigenvalue weighted by molar-refractivity contribution is 6.09. The molecule has 0 aliphatic rings. The Bertz CT molecular complexity index is 806. The molecule has 1 heterocycles. The minimum atomic E-state index is -0.400. The Labute approximate surface area is 149 Å². The Hall–Kier alpha value is -2.56. The van der Waals surface area contributed by atoms with Gasteiger partial charge in [-0.05, 0) is 57.9 Å². The third-order valence-electron chi connectivity index (χ3n) is 4.49. The molecule has 134 valence electrons. The van der Waals surface area contributed by atoms with Gasteiger partial charge < -0.3 is 14.2 Å². The summed E-state index contributed by atoms with van der Waals surface area (Å²) < 4.78 is 6.88. The number of nitrogens with zero attached hydrogens (tertiary/aromatic N) is 2. The van der Waals surface area contributed by atoms with Crippen molar-refractivity contribution in [2.24, 2.45) is 7.05 Å². The number of aryl methyl sites for hydroxylation is 1. The molecule has 5 nitrogen and oxygen atoms in total. The van der Waals surface area contributed by atoms with E-state index in [9.17, 15) is 9.59 Å². The van der Waals surface area contributed by atoms with Crippen LogP contribution < -0.4 is 4.90 Å². The number of esters is 1. The van der Waals surface area contributed by atoms with E-state index in [2.05, 4.69) is 0 Å². The van der Waals surface area contributed by atoms with E-state index in [1.807, 2.05) is 45.0 Å². The molecule has 2 rings (SSSR count). The minimum absolute atomic E-state index is 0.103. The summed E-state index contributed by atoms with van der Waals surface area (Å²) in [5, 5.41) is 0. The molecule has 5 heteroatoms. The van der Waals surface area contributed by atoms with Crippen LogP contribution in [0.1, 0.15) is 51.5 Å². The number of benzene rings is 1. The van der Waals surface area contributed by atoms with Crippen molar-refractivity contribution in [2.45, 2.75) is 34.6 Å². The zero-order chi connectivity index (χ0) is 18.7. The van der Waals surface area contributed by atoms with E-state index >= 15 is 0 Å². The fourth-order valence-corrected chi connectivity index (χ4v) is 3.16. The highest BCUT2D eigenvalue weighted by atomic mass is 16.5. The van der Waals surface area contributed by atoms with E-state index in [0.29, 0.717) is 30.0 Å². The molecule has 1 amide bonds. The monoisotopic (exact) mass is 342 g/mol. The molecular weight excluding hydrogens is 316 g/mol. The van der Waals surface area contributed by atoms with Crippen molar-refractivity contribution in [2.75, 3.05) is 18.1 Å². The summed E-state index contributed by atoms with van der Waals surface area (Å²) in [4.78, 5) is 27.2. The van der Waals surface area contributed by atoms with Gasteiger partial charge in [0, 0.05) is 25.0 Å². The van der Waals surface area contributed by atoms with Gasteiger partial charge >= 0.3 is 5.97 Å². The summed E-state index contributed by atoms with van der Waals surface area (Å²) in [7, 11) is 1.79. The van der Waals surface area contributed by atoms with E-state index in [-0.39, 0.29) is 5.91 Å². The van der Waals surface area contributed by atoms with Crippen LogP contribution in [0.15, 0.2) is 24.3 Å². The van der Waals surface area contributed by atoms with Gasteiger partial charge in [-0.15, -0.1) is 0 Å².